The van der Waals surface area contributed by atoms with Gasteiger partial charge in [-0.05, 0) is 17.7 Å². The Morgan fingerprint density at radius 2 is 2.00 bits per heavy atom. The lowest BCUT2D eigenvalue weighted by Crippen LogP contribution is -2.44. The maximum absolute atomic E-state index is 12.4. The van der Waals surface area contributed by atoms with Gasteiger partial charge in [0.2, 0.25) is 0 Å². The summed E-state index contributed by atoms with van der Waals surface area (Å²) in [5.74, 6) is 1.08. The Morgan fingerprint density at radius 3 is 2.67 bits per heavy atom. The molecule has 0 unspecified atom stereocenters. The van der Waals surface area contributed by atoms with Gasteiger partial charge in [-0.1, -0.05) is 6.07 Å². The largest absolute Gasteiger partial charge is 0.493 e. The Balaban J connectivity index is 1.79. The van der Waals surface area contributed by atoms with Crippen LogP contribution in [0.2, 0.25) is 0 Å². The van der Waals surface area contributed by atoms with E-state index in [4.69, 9.17) is 14.2 Å². The molecule has 1 amide bonds. The van der Waals surface area contributed by atoms with Gasteiger partial charge < -0.3 is 19.5 Å². The van der Waals surface area contributed by atoms with Gasteiger partial charge in [0.05, 0.1) is 39.7 Å². The molecule has 27 heavy (non-hydrogen) atoms. The molecule has 2 aromatic rings. The summed E-state index contributed by atoms with van der Waals surface area (Å²) in [7, 11) is 3.22. The van der Waals surface area contributed by atoms with Gasteiger partial charge in [0, 0.05) is 32.0 Å². The van der Waals surface area contributed by atoms with Crippen molar-refractivity contribution >= 4 is 5.91 Å². The molecule has 0 saturated carbocycles. The van der Waals surface area contributed by atoms with E-state index in [1.807, 2.05) is 18.2 Å². The van der Waals surface area contributed by atoms with Crippen molar-refractivity contribution in [3.8, 4) is 11.5 Å². The van der Waals surface area contributed by atoms with Crippen LogP contribution in [0.15, 0.2) is 36.8 Å². The molecule has 0 bridgehead atoms. The fourth-order valence-electron chi connectivity index (χ4n) is 3.10. The molecular weight excluding hydrogens is 348 g/mol. The molecule has 0 aliphatic carbocycles. The van der Waals surface area contributed by atoms with Gasteiger partial charge >= 0.3 is 0 Å². The number of ether oxygens (including phenoxy) is 3. The number of amides is 1. The van der Waals surface area contributed by atoms with Crippen molar-refractivity contribution in [3.05, 3.63) is 48.0 Å². The van der Waals surface area contributed by atoms with Crippen LogP contribution in [0.4, 0.5) is 0 Å². The number of nitrogens with zero attached hydrogens (tertiary/aromatic N) is 3. The summed E-state index contributed by atoms with van der Waals surface area (Å²) in [6.07, 6.45) is 4.50. The van der Waals surface area contributed by atoms with Crippen molar-refractivity contribution < 1.29 is 19.0 Å². The monoisotopic (exact) mass is 372 g/mol. The fourth-order valence-corrected chi connectivity index (χ4v) is 3.10. The standard InChI is InChI=1S/C19H24N4O4/c1-25-17-4-3-14(11-18(17)26-2)16(23-7-9-27-10-8-23)13-22-19(24)15-12-20-5-6-21-15/h3-6,11-12,16H,7-10,13H2,1-2H3,(H,22,24)/t16-/m0/s1. The second kappa shape index (κ2) is 9.29. The van der Waals surface area contributed by atoms with Crippen LogP contribution >= 0.6 is 0 Å². The Morgan fingerprint density at radius 1 is 1.22 bits per heavy atom. The van der Waals surface area contributed by atoms with E-state index in [0.717, 1.165) is 18.7 Å². The molecule has 8 heteroatoms. The van der Waals surface area contributed by atoms with Crippen molar-refractivity contribution in [2.75, 3.05) is 47.1 Å². The lowest BCUT2D eigenvalue weighted by Gasteiger charge is -2.35. The third-order valence-corrected chi connectivity index (χ3v) is 4.53. The van der Waals surface area contributed by atoms with Crippen LogP contribution in [0.25, 0.3) is 0 Å². The second-order valence-electron chi connectivity index (χ2n) is 6.08. The Labute approximate surface area is 158 Å². The van der Waals surface area contributed by atoms with Crippen LogP contribution < -0.4 is 14.8 Å². The summed E-state index contributed by atoms with van der Waals surface area (Å²) in [5, 5.41) is 2.96. The molecule has 1 N–H and O–H groups in total. The molecule has 0 spiro atoms. The highest BCUT2D eigenvalue weighted by Gasteiger charge is 2.24. The highest BCUT2D eigenvalue weighted by Crippen LogP contribution is 2.32. The van der Waals surface area contributed by atoms with Crippen LogP contribution in [-0.4, -0.2) is 67.8 Å². The minimum atomic E-state index is -0.248. The van der Waals surface area contributed by atoms with E-state index in [9.17, 15) is 4.79 Å². The van der Waals surface area contributed by atoms with E-state index in [1.165, 1.54) is 18.6 Å². The molecule has 144 valence electrons. The Bertz CT molecular complexity index is 751. The van der Waals surface area contributed by atoms with Crippen LogP contribution in [0.1, 0.15) is 22.1 Å². The molecule has 1 aliphatic heterocycles. The zero-order chi connectivity index (χ0) is 19.1. The van der Waals surface area contributed by atoms with Crippen LogP contribution in [0.5, 0.6) is 11.5 Å². The van der Waals surface area contributed by atoms with Crippen molar-refractivity contribution in [1.82, 2.24) is 20.2 Å². The normalized spacial score (nSPS) is 15.8. The molecule has 1 aliphatic rings. The average Bonchev–Trinajstić information content (AvgIpc) is 2.75. The van der Waals surface area contributed by atoms with Gasteiger partial charge in [-0.2, -0.15) is 0 Å². The van der Waals surface area contributed by atoms with Crippen LogP contribution in [-0.2, 0) is 4.74 Å². The number of morpholine rings is 1. The van der Waals surface area contributed by atoms with Crippen molar-refractivity contribution in [3.63, 3.8) is 0 Å². The first-order valence-electron chi connectivity index (χ1n) is 8.81. The number of carbonyl (C=O) groups excluding carboxylic acids is 1. The van der Waals surface area contributed by atoms with Crippen LogP contribution in [0.3, 0.4) is 0 Å². The van der Waals surface area contributed by atoms with Gasteiger partial charge in [-0.25, -0.2) is 4.98 Å². The maximum atomic E-state index is 12.4. The number of methoxy groups -OCH3 is 2. The smallest absolute Gasteiger partial charge is 0.271 e. The van der Waals surface area contributed by atoms with E-state index < -0.39 is 0 Å². The van der Waals surface area contributed by atoms with E-state index in [0.29, 0.717) is 37.0 Å². The third-order valence-electron chi connectivity index (χ3n) is 4.53. The number of hydrogen-bond acceptors (Lipinski definition) is 7. The van der Waals surface area contributed by atoms with Crippen molar-refractivity contribution in [2.45, 2.75) is 6.04 Å². The highest BCUT2D eigenvalue weighted by molar-refractivity contribution is 5.91. The number of hydrogen-bond donors (Lipinski definition) is 1. The van der Waals surface area contributed by atoms with Gasteiger partial charge in [0.15, 0.2) is 11.5 Å². The van der Waals surface area contributed by atoms with Gasteiger partial charge in [0.25, 0.3) is 5.91 Å². The molecule has 0 radical (unpaired) electrons. The lowest BCUT2D eigenvalue weighted by molar-refractivity contribution is 0.0161. The summed E-state index contributed by atoms with van der Waals surface area (Å²) in [5.41, 5.74) is 1.33. The lowest BCUT2D eigenvalue weighted by atomic mass is 10.0. The molecule has 3 rings (SSSR count). The highest BCUT2D eigenvalue weighted by atomic mass is 16.5. The predicted molar refractivity (Wildman–Crippen MR) is 99.0 cm³/mol. The average molecular weight is 372 g/mol. The fraction of sp³-hybridized carbons (Fsp3) is 0.421. The number of aromatic nitrogens is 2. The molecule has 8 nitrogen and oxygen atoms in total. The summed E-state index contributed by atoms with van der Waals surface area (Å²) < 4.78 is 16.2. The molecule has 2 heterocycles. The van der Waals surface area contributed by atoms with Gasteiger partial charge in [-0.3, -0.25) is 14.7 Å². The summed E-state index contributed by atoms with van der Waals surface area (Å²) in [6, 6.07) is 5.81. The van der Waals surface area contributed by atoms with Gasteiger partial charge in [-0.15, -0.1) is 0 Å². The number of carbonyl (C=O) groups is 1. The van der Waals surface area contributed by atoms with E-state index in [2.05, 4.69) is 20.2 Å². The third kappa shape index (κ3) is 4.72. The predicted octanol–water partition coefficient (Wildman–Crippen LogP) is 1.30. The Hall–Kier alpha value is -2.71. The minimum absolute atomic E-state index is 0.0191. The van der Waals surface area contributed by atoms with E-state index in [-0.39, 0.29) is 11.9 Å². The summed E-state index contributed by atoms with van der Waals surface area (Å²) >= 11 is 0. The maximum Gasteiger partial charge on any atom is 0.271 e. The number of nitrogens with one attached hydrogen (secondary N) is 1. The van der Waals surface area contributed by atoms with Crippen LogP contribution in [0, 0.1) is 0 Å². The minimum Gasteiger partial charge on any atom is -0.493 e. The van der Waals surface area contributed by atoms with E-state index in [1.54, 1.807) is 14.2 Å². The summed E-state index contributed by atoms with van der Waals surface area (Å²) in [4.78, 5) is 22.7. The Kier molecular flexibility index (Phi) is 6.56. The quantitative estimate of drug-likeness (QED) is 0.784. The number of benzene rings is 1. The molecule has 1 aromatic heterocycles. The molecule has 1 saturated heterocycles. The molecule has 1 aromatic carbocycles. The van der Waals surface area contributed by atoms with E-state index >= 15 is 0 Å². The first-order valence-corrected chi connectivity index (χ1v) is 8.81. The first kappa shape index (κ1) is 19.1. The van der Waals surface area contributed by atoms with Crippen molar-refractivity contribution in [1.29, 1.82) is 0 Å². The molecular formula is C19H24N4O4. The molecule has 1 fully saturated rings. The zero-order valence-corrected chi connectivity index (χ0v) is 15.6. The zero-order valence-electron chi connectivity index (χ0n) is 15.6. The number of rotatable bonds is 7. The SMILES string of the molecule is COc1ccc([C@H](CNC(=O)c2cnccn2)N2CCOCC2)cc1OC. The molecule has 1 atom stereocenters. The topological polar surface area (TPSA) is 85.8 Å². The van der Waals surface area contributed by atoms with Crippen molar-refractivity contribution in [2.24, 2.45) is 0 Å². The van der Waals surface area contributed by atoms with Gasteiger partial charge in [0.1, 0.15) is 5.69 Å². The first-order chi connectivity index (χ1) is 13.2. The summed E-state index contributed by atoms with van der Waals surface area (Å²) in [6.45, 7) is 3.36. The second-order valence-corrected chi connectivity index (χ2v) is 6.08.